The van der Waals surface area contributed by atoms with Gasteiger partial charge in [0, 0.05) is 0 Å². The number of halogens is 2. The minimum Gasteiger partial charge on any atom is -0.244 e. The molecule has 0 aromatic rings. The normalized spacial score (nSPS) is 46.0. The predicted octanol–water partition coefficient (Wildman–Crippen LogP) is 6.26. The van der Waals surface area contributed by atoms with E-state index >= 15 is 0 Å². The van der Waals surface area contributed by atoms with Crippen LogP contribution in [0.15, 0.2) is 12.7 Å². The molecule has 3 rings (SSSR count). The maximum Gasteiger partial charge on any atom is 0.131 e. The summed E-state index contributed by atoms with van der Waals surface area (Å²) in [5.41, 5.74) is 0. The molecular weight excluding hydrogens is 278 g/mol. The molecule has 3 aliphatic carbocycles. The van der Waals surface area contributed by atoms with E-state index in [0.717, 1.165) is 30.6 Å². The van der Waals surface area contributed by atoms with Crippen molar-refractivity contribution in [2.24, 2.45) is 29.6 Å². The zero-order valence-corrected chi connectivity index (χ0v) is 13.9. The van der Waals surface area contributed by atoms with Crippen molar-refractivity contribution in [2.75, 3.05) is 0 Å². The highest BCUT2D eigenvalue weighted by molar-refractivity contribution is 4.91. The molecule has 3 fully saturated rings. The minimum absolute atomic E-state index is 0.458. The van der Waals surface area contributed by atoms with Gasteiger partial charge in [0.2, 0.25) is 0 Å². The Balaban J connectivity index is 1.49. The van der Waals surface area contributed by atoms with Crippen molar-refractivity contribution in [2.45, 2.75) is 83.0 Å². The lowest BCUT2D eigenvalue weighted by Gasteiger charge is -2.45. The van der Waals surface area contributed by atoms with Gasteiger partial charge in [-0.3, -0.25) is 0 Å². The third-order valence-corrected chi connectivity index (χ3v) is 6.94. The van der Waals surface area contributed by atoms with E-state index in [1.807, 2.05) is 0 Å². The molecule has 0 spiro atoms. The van der Waals surface area contributed by atoms with Crippen molar-refractivity contribution < 1.29 is 8.78 Å². The van der Waals surface area contributed by atoms with Crippen molar-refractivity contribution in [1.82, 2.24) is 0 Å². The summed E-state index contributed by atoms with van der Waals surface area (Å²) in [6.07, 6.45) is 12.1. The van der Waals surface area contributed by atoms with Crippen LogP contribution in [-0.2, 0) is 0 Å². The second-order valence-corrected chi connectivity index (χ2v) is 8.24. The summed E-state index contributed by atoms with van der Waals surface area (Å²) in [6.45, 7) is 3.84. The molecule has 0 aromatic heterocycles. The van der Waals surface area contributed by atoms with Gasteiger partial charge < -0.3 is 0 Å². The highest BCUT2D eigenvalue weighted by Crippen LogP contribution is 2.49. The van der Waals surface area contributed by atoms with Gasteiger partial charge in [-0.25, -0.2) is 8.78 Å². The fraction of sp³-hybridized carbons (Fsp3) is 0.900. The number of alkyl halides is 2. The first-order chi connectivity index (χ1) is 10.7. The number of hydrogen-bond acceptors (Lipinski definition) is 0. The van der Waals surface area contributed by atoms with E-state index in [9.17, 15) is 8.78 Å². The molecular formula is C20H32F2. The summed E-state index contributed by atoms with van der Waals surface area (Å²) >= 11 is 0. The molecule has 3 saturated carbocycles. The van der Waals surface area contributed by atoms with Crippen LogP contribution in [0.3, 0.4) is 0 Å². The molecule has 0 amide bonds. The average molecular weight is 310 g/mol. The Kier molecular flexibility index (Phi) is 5.57. The lowest BCUT2D eigenvalue weighted by molar-refractivity contribution is 0.0262. The van der Waals surface area contributed by atoms with Gasteiger partial charge in [-0.05, 0) is 93.8 Å². The number of rotatable bonds is 4. The van der Waals surface area contributed by atoms with Crippen LogP contribution in [0.5, 0.6) is 0 Å². The third kappa shape index (κ3) is 3.74. The van der Waals surface area contributed by atoms with Crippen LogP contribution in [0, 0.1) is 29.6 Å². The van der Waals surface area contributed by atoms with Crippen molar-refractivity contribution >= 4 is 0 Å². The highest BCUT2D eigenvalue weighted by Gasteiger charge is 2.40. The lowest BCUT2D eigenvalue weighted by Crippen LogP contribution is -2.37. The first-order valence-corrected chi connectivity index (χ1v) is 9.56. The molecule has 0 bridgehead atoms. The topological polar surface area (TPSA) is 0 Å². The molecule has 2 heteroatoms. The molecule has 0 radical (unpaired) electrons. The molecule has 7 unspecified atom stereocenters. The summed E-state index contributed by atoms with van der Waals surface area (Å²) in [7, 11) is 0. The largest absolute Gasteiger partial charge is 0.244 e. The van der Waals surface area contributed by atoms with Gasteiger partial charge in [0.05, 0.1) is 0 Å². The Bertz CT molecular complexity index is 367. The van der Waals surface area contributed by atoms with E-state index in [-0.39, 0.29) is 0 Å². The van der Waals surface area contributed by atoms with E-state index in [1.165, 1.54) is 44.9 Å². The van der Waals surface area contributed by atoms with Crippen LogP contribution in [0.2, 0.25) is 0 Å². The van der Waals surface area contributed by atoms with Gasteiger partial charge in [0.15, 0.2) is 0 Å². The Morgan fingerprint density at radius 3 is 2.00 bits per heavy atom. The van der Waals surface area contributed by atoms with Gasteiger partial charge in [-0.1, -0.05) is 12.5 Å². The molecule has 0 aromatic carbocycles. The van der Waals surface area contributed by atoms with Gasteiger partial charge >= 0.3 is 0 Å². The van der Waals surface area contributed by atoms with E-state index in [2.05, 4.69) is 12.7 Å². The van der Waals surface area contributed by atoms with Gasteiger partial charge in [-0.15, -0.1) is 6.58 Å². The first kappa shape index (κ1) is 16.5. The van der Waals surface area contributed by atoms with E-state index in [4.69, 9.17) is 0 Å². The lowest BCUT2D eigenvalue weighted by atomic mass is 9.61. The molecule has 0 nitrogen and oxygen atoms in total. The van der Waals surface area contributed by atoms with Gasteiger partial charge in [-0.2, -0.15) is 0 Å². The smallest absolute Gasteiger partial charge is 0.131 e. The van der Waals surface area contributed by atoms with Crippen LogP contribution in [0.25, 0.3) is 0 Å². The molecule has 0 N–H and O–H groups in total. The SMILES string of the molecule is C=CCCC1CCC2CC(C3CCC(F)C(F)C3)CCC2C1. The maximum absolute atomic E-state index is 13.7. The summed E-state index contributed by atoms with van der Waals surface area (Å²) < 4.78 is 27.1. The zero-order valence-electron chi connectivity index (χ0n) is 13.9. The molecule has 22 heavy (non-hydrogen) atoms. The average Bonchev–Trinajstić information content (AvgIpc) is 2.55. The third-order valence-electron chi connectivity index (χ3n) is 6.94. The molecule has 0 saturated heterocycles. The minimum atomic E-state index is -1.19. The number of fused-ring (bicyclic) bond motifs is 1. The van der Waals surface area contributed by atoms with Crippen LogP contribution in [-0.4, -0.2) is 12.3 Å². The summed E-state index contributed by atoms with van der Waals surface area (Å²) in [4.78, 5) is 0. The molecule has 0 heterocycles. The Labute approximate surface area is 134 Å². The van der Waals surface area contributed by atoms with Crippen LogP contribution in [0.1, 0.15) is 70.6 Å². The molecule has 126 valence electrons. The standard InChI is InChI=1S/C20H32F2/c1-2-3-4-14-5-6-16-12-17(8-7-15(16)11-14)18-9-10-19(21)20(22)13-18/h2,14-20H,1,3-13H2. The fourth-order valence-corrected chi connectivity index (χ4v) is 5.60. The van der Waals surface area contributed by atoms with Gasteiger partial charge in [0.1, 0.15) is 12.3 Å². The Morgan fingerprint density at radius 2 is 1.32 bits per heavy atom. The molecule has 7 atom stereocenters. The summed E-state index contributed by atoms with van der Waals surface area (Å²) in [6, 6.07) is 0. The van der Waals surface area contributed by atoms with Crippen molar-refractivity contribution in [3.05, 3.63) is 12.7 Å². The van der Waals surface area contributed by atoms with Crippen molar-refractivity contribution in [3.8, 4) is 0 Å². The van der Waals surface area contributed by atoms with E-state index in [1.54, 1.807) is 0 Å². The monoisotopic (exact) mass is 310 g/mol. The molecule has 3 aliphatic rings. The predicted molar refractivity (Wildman–Crippen MR) is 88.2 cm³/mol. The van der Waals surface area contributed by atoms with Crippen LogP contribution < -0.4 is 0 Å². The van der Waals surface area contributed by atoms with Crippen LogP contribution >= 0.6 is 0 Å². The second kappa shape index (κ2) is 7.45. The van der Waals surface area contributed by atoms with E-state index in [0.29, 0.717) is 24.7 Å². The van der Waals surface area contributed by atoms with E-state index < -0.39 is 12.3 Å². The van der Waals surface area contributed by atoms with Crippen LogP contribution in [0.4, 0.5) is 8.78 Å². The first-order valence-electron chi connectivity index (χ1n) is 9.56. The Hall–Kier alpha value is -0.400. The number of allylic oxidation sites excluding steroid dienone is 1. The van der Waals surface area contributed by atoms with Crippen molar-refractivity contribution in [3.63, 3.8) is 0 Å². The fourth-order valence-electron chi connectivity index (χ4n) is 5.60. The van der Waals surface area contributed by atoms with Gasteiger partial charge in [0.25, 0.3) is 0 Å². The zero-order chi connectivity index (χ0) is 15.5. The highest BCUT2D eigenvalue weighted by atomic mass is 19.2. The Morgan fingerprint density at radius 1 is 0.727 bits per heavy atom. The number of hydrogen-bond donors (Lipinski definition) is 0. The maximum atomic E-state index is 13.7. The van der Waals surface area contributed by atoms with Crippen molar-refractivity contribution in [1.29, 1.82) is 0 Å². The summed E-state index contributed by atoms with van der Waals surface area (Å²) in [5.74, 6) is 3.84. The second-order valence-electron chi connectivity index (χ2n) is 8.24. The summed E-state index contributed by atoms with van der Waals surface area (Å²) in [5, 5.41) is 0. The molecule has 0 aliphatic heterocycles. The quantitative estimate of drug-likeness (QED) is 0.537.